The molecule has 3 aliphatic rings. The first-order valence-electron chi connectivity index (χ1n) is 13.3. The third-order valence-electron chi connectivity index (χ3n) is 7.97. The molecule has 1 fully saturated rings. The number of hydrogen-bond acceptors (Lipinski definition) is 8. The first kappa shape index (κ1) is 26.8. The molecule has 5 rings (SSSR count). The van der Waals surface area contributed by atoms with E-state index in [-0.39, 0.29) is 30.0 Å². The second-order valence-corrected chi connectivity index (χ2v) is 10.2. The van der Waals surface area contributed by atoms with E-state index in [0.717, 1.165) is 18.5 Å². The summed E-state index contributed by atoms with van der Waals surface area (Å²) in [4.78, 5) is 40.8. The lowest BCUT2D eigenvalue weighted by Crippen LogP contribution is -2.54. The highest BCUT2D eigenvalue weighted by molar-refractivity contribution is 6.43. The number of hydrazone groups is 1. The summed E-state index contributed by atoms with van der Waals surface area (Å²) >= 11 is 0. The molecule has 2 atom stereocenters. The van der Waals surface area contributed by atoms with Gasteiger partial charge in [-0.25, -0.2) is 4.39 Å². The molecule has 1 saturated heterocycles. The first-order chi connectivity index (χ1) is 18.8. The number of hydrogen-bond donors (Lipinski definition) is 0. The summed E-state index contributed by atoms with van der Waals surface area (Å²) in [6.45, 7) is 5.12. The van der Waals surface area contributed by atoms with Crippen molar-refractivity contribution in [2.75, 3.05) is 51.4 Å². The number of esters is 1. The van der Waals surface area contributed by atoms with Gasteiger partial charge in [0.25, 0.3) is 0 Å². The molecular weight excluding hydrogens is 503 g/mol. The Kier molecular flexibility index (Phi) is 7.65. The van der Waals surface area contributed by atoms with E-state index in [1.54, 1.807) is 16.0 Å². The molecule has 0 radical (unpaired) electrons. The number of Topliss-reactive ketones (excluding diaryl/α,β-unsaturated/α-hetero) is 1. The van der Waals surface area contributed by atoms with Gasteiger partial charge in [0.1, 0.15) is 42.0 Å². The zero-order valence-electron chi connectivity index (χ0n) is 22.3. The largest absolute Gasteiger partial charge is 0.489 e. The fourth-order valence-electron chi connectivity index (χ4n) is 6.02. The minimum atomic E-state index is -0.727. The summed E-state index contributed by atoms with van der Waals surface area (Å²) in [5.74, 6) is -0.711. The molecule has 3 heterocycles. The second-order valence-electron chi connectivity index (χ2n) is 10.2. The minimum absolute atomic E-state index is 0.121. The molecule has 10 heteroatoms. The van der Waals surface area contributed by atoms with Gasteiger partial charge in [-0.05, 0) is 37.1 Å². The second kappa shape index (κ2) is 11.1. The molecule has 0 spiro atoms. The van der Waals surface area contributed by atoms with Crippen LogP contribution in [-0.2, 0) is 24.5 Å². The van der Waals surface area contributed by atoms with Gasteiger partial charge in [0, 0.05) is 39.2 Å². The minimum Gasteiger partial charge on any atom is -0.489 e. The summed E-state index contributed by atoms with van der Waals surface area (Å²) in [6, 6.07) is 14.0. The van der Waals surface area contributed by atoms with E-state index in [4.69, 9.17) is 9.84 Å². The van der Waals surface area contributed by atoms with E-state index in [1.165, 1.54) is 26.2 Å². The van der Waals surface area contributed by atoms with Crippen molar-refractivity contribution in [3.63, 3.8) is 0 Å². The van der Waals surface area contributed by atoms with Crippen LogP contribution in [0.2, 0.25) is 0 Å². The van der Waals surface area contributed by atoms with E-state index in [0.29, 0.717) is 56.4 Å². The smallest absolute Gasteiger partial charge is 0.315 e. The SMILES string of the molecule is COC(=O)CC(=O)N1CCN(CCC[C@]2(c3ccccc3)C(C(C)=O)=NN3c4cc(F)ccc4OC[C@H]32)CC1. The van der Waals surface area contributed by atoms with Gasteiger partial charge in [-0.15, -0.1) is 0 Å². The fourth-order valence-corrected chi connectivity index (χ4v) is 6.02. The summed E-state index contributed by atoms with van der Waals surface area (Å²) in [6.07, 6.45) is 1.18. The lowest BCUT2D eigenvalue weighted by Gasteiger charge is -2.42. The molecule has 0 saturated carbocycles. The molecule has 0 unspecified atom stereocenters. The van der Waals surface area contributed by atoms with E-state index in [1.807, 2.05) is 30.3 Å². The van der Waals surface area contributed by atoms with E-state index in [9.17, 15) is 18.8 Å². The maximum atomic E-state index is 14.2. The Morgan fingerprint density at radius 3 is 2.54 bits per heavy atom. The van der Waals surface area contributed by atoms with Crippen LogP contribution in [-0.4, -0.2) is 85.7 Å². The first-order valence-corrected chi connectivity index (χ1v) is 13.3. The average Bonchev–Trinajstić information content (AvgIpc) is 3.30. The van der Waals surface area contributed by atoms with Crippen LogP contribution in [0.5, 0.6) is 5.75 Å². The van der Waals surface area contributed by atoms with E-state index >= 15 is 0 Å². The van der Waals surface area contributed by atoms with Gasteiger partial charge in [-0.1, -0.05) is 30.3 Å². The van der Waals surface area contributed by atoms with Crippen LogP contribution in [0.4, 0.5) is 10.1 Å². The van der Waals surface area contributed by atoms with Gasteiger partial charge < -0.3 is 14.4 Å². The van der Waals surface area contributed by atoms with Crippen molar-refractivity contribution in [1.82, 2.24) is 9.80 Å². The highest BCUT2D eigenvalue weighted by Gasteiger charge is 2.55. The van der Waals surface area contributed by atoms with Crippen LogP contribution < -0.4 is 9.75 Å². The maximum absolute atomic E-state index is 14.2. The molecule has 206 valence electrons. The van der Waals surface area contributed by atoms with Crippen LogP contribution in [0, 0.1) is 5.82 Å². The number of amides is 1. The van der Waals surface area contributed by atoms with E-state index < -0.39 is 11.4 Å². The maximum Gasteiger partial charge on any atom is 0.315 e. The lowest BCUT2D eigenvalue weighted by molar-refractivity contribution is -0.147. The topological polar surface area (TPSA) is 91.8 Å². The van der Waals surface area contributed by atoms with Crippen LogP contribution in [0.1, 0.15) is 31.7 Å². The third-order valence-corrected chi connectivity index (χ3v) is 7.97. The molecule has 3 aliphatic heterocycles. The monoisotopic (exact) mass is 536 g/mol. The highest BCUT2D eigenvalue weighted by atomic mass is 19.1. The Hall–Kier alpha value is -3.79. The number of methoxy groups -OCH3 is 1. The standard InChI is InChI=1S/C29H33FN4O5/c1-20(35)28-29(21-7-4-3-5-8-21,25-19-39-24-10-9-22(30)17-23(24)34(25)31-28)11-6-12-32-13-15-33(16-14-32)26(36)18-27(37)38-2/h3-5,7-10,17,25H,6,11-16,18-19H2,1-2H3/t25-,29+/m0/s1. The Labute approximate surface area is 227 Å². The molecule has 0 bridgehead atoms. The fraction of sp³-hybridized carbons (Fsp3) is 0.448. The molecule has 2 aromatic rings. The number of benzene rings is 2. The van der Waals surface area contributed by atoms with Gasteiger partial charge in [-0.3, -0.25) is 24.3 Å². The summed E-state index contributed by atoms with van der Waals surface area (Å²) < 4.78 is 24.9. The van der Waals surface area contributed by atoms with Crippen molar-refractivity contribution in [2.45, 2.75) is 37.6 Å². The zero-order valence-corrected chi connectivity index (χ0v) is 22.3. The van der Waals surface area contributed by atoms with Gasteiger partial charge in [0.2, 0.25) is 5.91 Å². The van der Waals surface area contributed by atoms with Crippen molar-refractivity contribution in [2.24, 2.45) is 5.10 Å². The molecule has 0 aromatic heterocycles. The number of ketones is 1. The summed E-state index contributed by atoms with van der Waals surface area (Å²) in [7, 11) is 1.28. The van der Waals surface area contributed by atoms with Gasteiger partial charge in [0.15, 0.2) is 5.78 Å². The highest BCUT2D eigenvalue weighted by Crippen LogP contribution is 2.48. The van der Waals surface area contributed by atoms with Crippen molar-refractivity contribution in [3.05, 3.63) is 59.9 Å². The molecule has 2 aromatic carbocycles. The zero-order chi connectivity index (χ0) is 27.6. The number of halogens is 1. The number of ether oxygens (including phenoxy) is 2. The van der Waals surface area contributed by atoms with Crippen LogP contribution in [0.3, 0.4) is 0 Å². The van der Waals surface area contributed by atoms with Gasteiger partial charge >= 0.3 is 5.97 Å². The Bertz CT molecular complexity index is 1280. The Balaban J connectivity index is 1.34. The number of rotatable bonds is 8. The number of nitrogens with zero attached hydrogens (tertiary/aromatic N) is 4. The summed E-state index contributed by atoms with van der Waals surface area (Å²) in [5.41, 5.74) is 1.23. The normalized spacial score (nSPS) is 22.4. The lowest BCUT2D eigenvalue weighted by atomic mass is 9.67. The van der Waals surface area contributed by atoms with Crippen molar-refractivity contribution in [3.8, 4) is 5.75 Å². The van der Waals surface area contributed by atoms with Crippen molar-refractivity contribution >= 4 is 29.1 Å². The van der Waals surface area contributed by atoms with E-state index in [2.05, 4.69) is 9.64 Å². The Morgan fingerprint density at radius 2 is 1.85 bits per heavy atom. The van der Waals surface area contributed by atoms with Crippen molar-refractivity contribution < 1.29 is 28.2 Å². The molecule has 1 amide bonds. The van der Waals surface area contributed by atoms with Gasteiger partial charge in [-0.2, -0.15) is 5.10 Å². The molecule has 39 heavy (non-hydrogen) atoms. The van der Waals surface area contributed by atoms with Gasteiger partial charge in [0.05, 0.1) is 12.5 Å². The predicted molar refractivity (Wildman–Crippen MR) is 143 cm³/mol. The number of carbonyl (C=O) groups is 3. The average molecular weight is 537 g/mol. The predicted octanol–water partition coefficient (Wildman–Crippen LogP) is 2.78. The number of fused-ring (bicyclic) bond motifs is 3. The van der Waals surface area contributed by atoms with Crippen LogP contribution >= 0.6 is 0 Å². The van der Waals surface area contributed by atoms with Crippen molar-refractivity contribution in [1.29, 1.82) is 0 Å². The molecule has 9 nitrogen and oxygen atoms in total. The van der Waals surface area contributed by atoms with Crippen LogP contribution in [0.25, 0.3) is 0 Å². The third kappa shape index (κ3) is 5.13. The number of piperazine rings is 1. The summed E-state index contributed by atoms with van der Waals surface area (Å²) in [5, 5.41) is 6.58. The quantitative estimate of drug-likeness (QED) is 0.379. The molecule has 0 aliphatic carbocycles. The molecule has 0 N–H and O–H groups in total. The number of anilines is 1. The molecular formula is C29H33FN4O5. The number of carbonyl (C=O) groups excluding carboxylic acids is 3. The van der Waals surface area contributed by atoms with Crippen LogP contribution in [0.15, 0.2) is 53.6 Å². The Morgan fingerprint density at radius 1 is 1.10 bits per heavy atom.